The number of hydrogen-bond acceptors (Lipinski definition) is 11. The summed E-state index contributed by atoms with van der Waals surface area (Å²) in [6, 6.07) is 30.6. The highest BCUT2D eigenvalue weighted by molar-refractivity contribution is 7.99. The van der Waals surface area contributed by atoms with Crippen molar-refractivity contribution in [2.24, 2.45) is 0 Å². The average molecular weight is 753 g/mol. The average Bonchev–Trinajstić information content (AvgIpc) is 3.69. The standard InChI is InChI=1S/C40H44N6O7S/c47-25-27-10-12-30(13-11-27)36-23-35(26-54-40-42-44-45-46(40)33-18-20-34(48)21-19-33)52-39(53-36)31-16-14-29(15-17-31)32-7-5-6-28(22-32)24-41-37(49)8-3-1-2-4-9-38(50)43-51/h5-7,10-22,35-36,39,47-48,51H,1-4,8-9,23-26H2,(H,41,49)(H,43,50). The number of phenols is 1. The molecule has 14 heteroatoms. The Bertz CT molecular complexity index is 1960. The summed E-state index contributed by atoms with van der Waals surface area (Å²) in [6.45, 7) is 0.390. The molecule has 5 aromatic rings. The largest absolute Gasteiger partial charge is 0.508 e. The molecule has 1 aliphatic rings. The van der Waals surface area contributed by atoms with Gasteiger partial charge < -0.3 is 25.0 Å². The lowest BCUT2D eigenvalue weighted by Crippen LogP contribution is -2.31. The van der Waals surface area contributed by atoms with Crippen LogP contribution in [-0.4, -0.2) is 59.3 Å². The summed E-state index contributed by atoms with van der Waals surface area (Å²) < 4.78 is 14.7. The molecule has 0 radical (unpaired) electrons. The minimum Gasteiger partial charge on any atom is -0.508 e. The van der Waals surface area contributed by atoms with Gasteiger partial charge in [0.2, 0.25) is 17.0 Å². The molecule has 0 spiro atoms. The summed E-state index contributed by atoms with van der Waals surface area (Å²) in [5, 5.41) is 43.7. The van der Waals surface area contributed by atoms with Crippen LogP contribution in [0.5, 0.6) is 5.75 Å². The first-order chi connectivity index (χ1) is 26.4. The van der Waals surface area contributed by atoms with Gasteiger partial charge in [-0.15, -0.1) is 5.10 Å². The lowest BCUT2D eigenvalue weighted by Gasteiger charge is -2.36. The van der Waals surface area contributed by atoms with Crippen LogP contribution in [0.2, 0.25) is 0 Å². The Balaban J connectivity index is 1.08. The highest BCUT2D eigenvalue weighted by atomic mass is 32.2. The molecule has 1 fully saturated rings. The van der Waals surface area contributed by atoms with Gasteiger partial charge in [-0.1, -0.05) is 91.3 Å². The molecule has 5 N–H and O–H groups in total. The van der Waals surface area contributed by atoms with E-state index in [1.807, 2.05) is 66.7 Å². The first-order valence-electron chi connectivity index (χ1n) is 18.0. The summed E-state index contributed by atoms with van der Waals surface area (Å²) in [4.78, 5) is 23.5. The van der Waals surface area contributed by atoms with E-state index in [9.17, 15) is 19.8 Å². The number of aliphatic hydroxyl groups excluding tert-OH is 1. The van der Waals surface area contributed by atoms with Crippen molar-refractivity contribution < 1.29 is 34.5 Å². The lowest BCUT2D eigenvalue weighted by atomic mass is 9.99. The number of amides is 2. The summed E-state index contributed by atoms with van der Waals surface area (Å²) in [5.41, 5.74) is 8.09. The van der Waals surface area contributed by atoms with Crippen LogP contribution in [-0.2, 0) is 32.2 Å². The molecular weight excluding hydrogens is 709 g/mol. The molecule has 0 bridgehead atoms. The lowest BCUT2D eigenvalue weighted by molar-refractivity contribution is -0.245. The quantitative estimate of drug-likeness (QED) is 0.0310. The summed E-state index contributed by atoms with van der Waals surface area (Å²) in [7, 11) is 0. The predicted octanol–water partition coefficient (Wildman–Crippen LogP) is 6.33. The molecule has 13 nitrogen and oxygen atoms in total. The number of tetrazole rings is 1. The van der Waals surface area contributed by atoms with Crippen LogP contribution in [0, 0.1) is 0 Å². The van der Waals surface area contributed by atoms with E-state index in [1.165, 1.54) is 11.8 Å². The van der Waals surface area contributed by atoms with E-state index in [0.717, 1.165) is 58.3 Å². The van der Waals surface area contributed by atoms with Gasteiger partial charge in [0.1, 0.15) is 5.75 Å². The molecular formula is C40H44N6O7S. The van der Waals surface area contributed by atoms with Gasteiger partial charge in [0, 0.05) is 37.1 Å². The van der Waals surface area contributed by atoms with Crippen molar-refractivity contribution >= 4 is 23.6 Å². The van der Waals surface area contributed by atoms with E-state index in [2.05, 4.69) is 26.9 Å². The number of ether oxygens (including phenoxy) is 2. The second-order valence-corrected chi connectivity index (χ2v) is 14.1. The van der Waals surface area contributed by atoms with E-state index in [0.29, 0.717) is 36.7 Å². The maximum Gasteiger partial charge on any atom is 0.243 e. The van der Waals surface area contributed by atoms with Gasteiger partial charge in [0.15, 0.2) is 6.29 Å². The van der Waals surface area contributed by atoms with E-state index in [-0.39, 0.29) is 42.8 Å². The molecule has 2 amide bonds. The fourth-order valence-electron chi connectivity index (χ4n) is 6.18. The number of nitrogens with zero attached hydrogens (tertiary/aromatic N) is 4. The Morgan fingerprint density at radius 1 is 0.815 bits per heavy atom. The number of carbonyl (C=O) groups is 2. The van der Waals surface area contributed by atoms with Crippen LogP contribution in [0.4, 0.5) is 0 Å². The van der Waals surface area contributed by atoms with Crippen molar-refractivity contribution in [3.8, 4) is 22.6 Å². The van der Waals surface area contributed by atoms with Crippen molar-refractivity contribution in [3.63, 3.8) is 0 Å². The molecule has 0 saturated carbocycles. The number of hydrogen-bond donors (Lipinski definition) is 5. The van der Waals surface area contributed by atoms with Gasteiger partial charge >= 0.3 is 0 Å². The van der Waals surface area contributed by atoms with Crippen molar-refractivity contribution in [1.29, 1.82) is 0 Å². The van der Waals surface area contributed by atoms with Crippen LogP contribution in [0.3, 0.4) is 0 Å². The fraction of sp³-hybridized carbons (Fsp3) is 0.325. The smallest absolute Gasteiger partial charge is 0.243 e. The number of aromatic hydroxyl groups is 1. The van der Waals surface area contributed by atoms with E-state index >= 15 is 0 Å². The zero-order valence-corrected chi connectivity index (χ0v) is 30.5. The Morgan fingerprint density at radius 2 is 1.54 bits per heavy atom. The van der Waals surface area contributed by atoms with Crippen molar-refractivity contribution in [3.05, 3.63) is 119 Å². The normalized spacial score (nSPS) is 16.9. The number of nitrogens with one attached hydrogen (secondary N) is 2. The molecule has 6 rings (SSSR count). The maximum absolute atomic E-state index is 12.4. The number of unbranched alkanes of at least 4 members (excludes halogenated alkanes) is 3. The second kappa shape index (κ2) is 19.3. The van der Waals surface area contributed by atoms with Gasteiger partial charge in [-0.2, -0.15) is 4.68 Å². The van der Waals surface area contributed by atoms with E-state index < -0.39 is 6.29 Å². The van der Waals surface area contributed by atoms with Gasteiger partial charge in [-0.05, 0) is 81.4 Å². The Labute approximate surface area is 317 Å². The first-order valence-corrected chi connectivity index (χ1v) is 19.0. The molecule has 1 saturated heterocycles. The summed E-state index contributed by atoms with van der Waals surface area (Å²) in [6.07, 6.45) is 3.32. The predicted molar refractivity (Wildman–Crippen MR) is 201 cm³/mol. The number of rotatable bonds is 17. The van der Waals surface area contributed by atoms with Crippen LogP contribution in [0.15, 0.2) is 102 Å². The Kier molecular flexibility index (Phi) is 13.8. The molecule has 3 unspecified atom stereocenters. The third-order valence-electron chi connectivity index (χ3n) is 9.16. The Hall–Kier alpha value is -5.12. The molecule has 3 atom stereocenters. The van der Waals surface area contributed by atoms with E-state index in [4.69, 9.17) is 14.7 Å². The third-order valence-corrected chi connectivity index (χ3v) is 10.2. The highest BCUT2D eigenvalue weighted by Crippen LogP contribution is 2.40. The van der Waals surface area contributed by atoms with Crippen LogP contribution in [0.1, 0.15) is 79.6 Å². The molecule has 2 heterocycles. The van der Waals surface area contributed by atoms with Crippen molar-refractivity contribution in [1.82, 2.24) is 31.0 Å². The highest BCUT2D eigenvalue weighted by Gasteiger charge is 2.32. The minimum atomic E-state index is -0.629. The first kappa shape index (κ1) is 38.6. The van der Waals surface area contributed by atoms with Crippen LogP contribution < -0.4 is 10.8 Å². The van der Waals surface area contributed by atoms with Gasteiger partial charge in [-0.25, -0.2) is 5.48 Å². The zero-order chi connectivity index (χ0) is 37.7. The fourth-order valence-corrected chi connectivity index (χ4v) is 7.09. The van der Waals surface area contributed by atoms with Crippen molar-refractivity contribution in [2.75, 3.05) is 5.75 Å². The van der Waals surface area contributed by atoms with Crippen LogP contribution >= 0.6 is 11.8 Å². The minimum absolute atomic E-state index is 0.0133. The number of benzene rings is 4. The summed E-state index contributed by atoms with van der Waals surface area (Å²) >= 11 is 1.48. The van der Waals surface area contributed by atoms with Gasteiger partial charge in [-0.3, -0.25) is 14.8 Å². The zero-order valence-electron chi connectivity index (χ0n) is 29.7. The second-order valence-electron chi connectivity index (χ2n) is 13.1. The molecule has 0 aliphatic carbocycles. The van der Waals surface area contributed by atoms with E-state index in [1.54, 1.807) is 34.4 Å². The molecule has 54 heavy (non-hydrogen) atoms. The van der Waals surface area contributed by atoms with Crippen molar-refractivity contribution in [2.45, 2.75) is 81.8 Å². The number of hydroxylamine groups is 1. The summed E-state index contributed by atoms with van der Waals surface area (Å²) in [5.74, 6) is 0.324. The molecule has 1 aliphatic heterocycles. The number of aliphatic hydroxyl groups is 1. The third kappa shape index (κ3) is 10.7. The number of carbonyl (C=O) groups excluding carboxylic acids is 2. The van der Waals surface area contributed by atoms with Gasteiger partial charge in [0.25, 0.3) is 0 Å². The monoisotopic (exact) mass is 752 g/mol. The molecule has 1 aromatic heterocycles. The maximum atomic E-state index is 12.4. The Morgan fingerprint density at radius 3 is 2.26 bits per heavy atom. The SMILES string of the molecule is O=C(CCCCCCC(=O)NCc1cccc(-c2ccc(C3OC(CSc4nnnn4-c4ccc(O)cc4)CC(c4ccc(CO)cc4)O3)cc2)c1)NO. The van der Waals surface area contributed by atoms with Gasteiger partial charge in [0.05, 0.1) is 24.5 Å². The number of phenolic OH excluding ortho intramolecular Hbond substituents is 1. The molecule has 282 valence electrons. The number of thioether (sulfide) groups is 1. The van der Waals surface area contributed by atoms with Crippen LogP contribution in [0.25, 0.3) is 16.8 Å². The molecule has 4 aromatic carbocycles. The topological polar surface area (TPSA) is 181 Å². The number of aromatic nitrogens is 4.